The summed E-state index contributed by atoms with van der Waals surface area (Å²) in [7, 11) is 3.85. The van der Waals surface area contributed by atoms with Crippen molar-refractivity contribution in [2.45, 2.75) is 32.7 Å². The van der Waals surface area contributed by atoms with Gasteiger partial charge in [0.25, 0.3) is 0 Å². The molecule has 2 heterocycles. The number of nitrogens with zero attached hydrogens (tertiary/aromatic N) is 4. The molecule has 0 saturated carbocycles. The number of pyridine rings is 1. The van der Waals surface area contributed by atoms with E-state index in [9.17, 15) is 4.39 Å². The first kappa shape index (κ1) is 16.1. The van der Waals surface area contributed by atoms with Gasteiger partial charge in [0, 0.05) is 37.8 Å². The maximum Gasteiger partial charge on any atom is 0.187 e. The molecule has 0 spiro atoms. The third-order valence-corrected chi connectivity index (χ3v) is 3.24. The van der Waals surface area contributed by atoms with Gasteiger partial charge >= 0.3 is 0 Å². The Morgan fingerprint density at radius 2 is 1.91 bits per heavy atom. The highest BCUT2D eigenvalue weighted by Crippen LogP contribution is 2.26. The zero-order chi connectivity index (χ0) is 16.3. The first-order valence-electron chi connectivity index (χ1n) is 7.16. The van der Waals surface area contributed by atoms with E-state index in [0.29, 0.717) is 12.2 Å². The third-order valence-electron chi connectivity index (χ3n) is 3.24. The molecular formula is C16H22FN5. The summed E-state index contributed by atoms with van der Waals surface area (Å²) >= 11 is 0. The maximum absolute atomic E-state index is 14.5. The van der Waals surface area contributed by atoms with Crippen LogP contribution >= 0.6 is 0 Å². The minimum absolute atomic E-state index is 0.216. The summed E-state index contributed by atoms with van der Waals surface area (Å²) in [6, 6.07) is 3.82. The van der Waals surface area contributed by atoms with Gasteiger partial charge in [0.05, 0.1) is 5.69 Å². The van der Waals surface area contributed by atoms with Crippen LogP contribution in [-0.2, 0) is 12.0 Å². The van der Waals surface area contributed by atoms with Gasteiger partial charge in [-0.2, -0.15) is 0 Å². The van der Waals surface area contributed by atoms with Crippen LogP contribution in [0, 0.1) is 5.82 Å². The molecule has 0 aromatic carbocycles. The van der Waals surface area contributed by atoms with E-state index in [2.05, 4.69) is 20.3 Å². The average Bonchev–Trinajstić information content (AvgIpc) is 2.45. The molecule has 118 valence electrons. The van der Waals surface area contributed by atoms with Crippen molar-refractivity contribution in [3.8, 4) is 0 Å². The molecule has 1 N–H and O–H groups in total. The zero-order valence-corrected chi connectivity index (χ0v) is 13.7. The van der Waals surface area contributed by atoms with E-state index < -0.39 is 5.82 Å². The molecule has 0 aliphatic carbocycles. The van der Waals surface area contributed by atoms with Crippen LogP contribution in [0.25, 0.3) is 0 Å². The summed E-state index contributed by atoms with van der Waals surface area (Å²) in [5.74, 6) is 0.666. The van der Waals surface area contributed by atoms with E-state index >= 15 is 0 Å². The van der Waals surface area contributed by atoms with Gasteiger partial charge in [-0.15, -0.1) is 0 Å². The average molecular weight is 303 g/mol. The molecule has 5 nitrogen and oxygen atoms in total. The molecule has 2 aromatic rings. The lowest BCUT2D eigenvalue weighted by molar-refractivity contribution is 0.500. The highest BCUT2D eigenvalue weighted by molar-refractivity contribution is 5.48. The van der Waals surface area contributed by atoms with E-state index in [1.807, 2.05) is 51.9 Å². The lowest BCUT2D eigenvalue weighted by Gasteiger charge is -2.20. The second kappa shape index (κ2) is 6.25. The van der Waals surface area contributed by atoms with Crippen molar-refractivity contribution in [1.29, 1.82) is 0 Å². The van der Waals surface area contributed by atoms with Crippen LogP contribution in [0.5, 0.6) is 0 Å². The normalized spacial score (nSPS) is 11.4. The predicted octanol–water partition coefficient (Wildman–Crippen LogP) is 2.99. The van der Waals surface area contributed by atoms with E-state index in [1.165, 1.54) is 6.33 Å². The summed E-state index contributed by atoms with van der Waals surface area (Å²) < 4.78 is 14.5. The smallest absolute Gasteiger partial charge is 0.187 e. The first-order chi connectivity index (χ1) is 10.3. The van der Waals surface area contributed by atoms with Gasteiger partial charge in [0.15, 0.2) is 11.6 Å². The van der Waals surface area contributed by atoms with E-state index in [1.54, 1.807) is 6.20 Å². The van der Waals surface area contributed by atoms with Gasteiger partial charge in [-0.25, -0.2) is 19.3 Å². The predicted molar refractivity (Wildman–Crippen MR) is 86.6 cm³/mol. The molecule has 2 aromatic heterocycles. The number of hydrogen-bond donors (Lipinski definition) is 1. The Balaban J connectivity index is 2.23. The molecular weight excluding hydrogens is 281 g/mol. The molecule has 2 rings (SSSR count). The Bertz CT molecular complexity index is 649. The van der Waals surface area contributed by atoms with Crippen molar-refractivity contribution in [3.63, 3.8) is 0 Å². The van der Waals surface area contributed by atoms with E-state index in [4.69, 9.17) is 0 Å². The molecule has 0 atom stereocenters. The number of anilines is 2. The first-order valence-corrected chi connectivity index (χ1v) is 7.16. The number of halogens is 1. The third kappa shape index (κ3) is 3.50. The van der Waals surface area contributed by atoms with Gasteiger partial charge in [-0.1, -0.05) is 26.8 Å². The van der Waals surface area contributed by atoms with Crippen LogP contribution in [0.1, 0.15) is 32.0 Å². The second-order valence-corrected chi connectivity index (χ2v) is 6.37. The van der Waals surface area contributed by atoms with Gasteiger partial charge in [0.2, 0.25) is 0 Å². The second-order valence-electron chi connectivity index (χ2n) is 6.37. The fourth-order valence-corrected chi connectivity index (χ4v) is 2.17. The monoisotopic (exact) mass is 303 g/mol. The Labute approximate surface area is 130 Å². The number of hydrogen-bond acceptors (Lipinski definition) is 5. The fourth-order valence-electron chi connectivity index (χ4n) is 2.17. The van der Waals surface area contributed by atoms with Crippen molar-refractivity contribution in [2.75, 3.05) is 24.3 Å². The molecule has 22 heavy (non-hydrogen) atoms. The van der Waals surface area contributed by atoms with Gasteiger partial charge in [-0.3, -0.25) is 0 Å². The summed E-state index contributed by atoms with van der Waals surface area (Å²) in [5, 5.41) is 3.04. The van der Waals surface area contributed by atoms with Crippen LogP contribution in [-0.4, -0.2) is 29.0 Å². The lowest BCUT2D eigenvalue weighted by Crippen LogP contribution is -2.19. The quantitative estimate of drug-likeness (QED) is 0.941. The van der Waals surface area contributed by atoms with Crippen LogP contribution in [0.2, 0.25) is 0 Å². The van der Waals surface area contributed by atoms with E-state index in [0.717, 1.165) is 11.4 Å². The molecule has 0 unspecified atom stereocenters. The van der Waals surface area contributed by atoms with Crippen molar-refractivity contribution < 1.29 is 4.39 Å². The number of nitrogens with one attached hydrogen (secondary N) is 1. The van der Waals surface area contributed by atoms with Crippen molar-refractivity contribution >= 4 is 11.6 Å². The largest absolute Gasteiger partial charge is 0.363 e. The zero-order valence-electron chi connectivity index (χ0n) is 13.7. The van der Waals surface area contributed by atoms with Crippen LogP contribution < -0.4 is 10.2 Å². The van der Waals surface area contributed by atoms with Crippen LogP contribution in [0.15, 0.2) is 24.7 Å². The van der Waals surface area contributed by atoms with Crippen molar-refractivity contribution in [1.82, 2.24) is 15.0 Å². The fraction of sp³-hybridized carbons (Fsp3) is 0.438. The molecule has 0 radical (unpaired) electrons. The van der Waals surface area contributed by atoms with Crippen LogP contribution in [0.3, 0.4) is 0 Å². The Hall–Kier alpha value is -2.24. The molecule has 0 aliphatic rings. The molecule has 0 fully saturated rings. The molecule has 6 heteroatoms. The standard InChI is InChI=1S/C16H22FN5/c1-16(2,3)13-12(17)14(21-10-20-13)19-9-11-7-6-8-18-15(11)22(4)5/h6-8,10H,9H2,1-5H3,(H,19,20,21). The molecule has 0 amide bonds. The summed E-state index contributed by atoms with van der Waals surface area (Å²) in [4.78, 5) is 14.3. The minimum atomic E-state index is -0.398. The number of rotatable bonds is 4. The Morgan fingerprint density at radius 3 is 2.55 bits per heavy atom. The van der Waals surface area contributed by atoms with Gasteiger partial charge in [-0.05, 0) is 6.07 Å². The van der Waals surface area contributed by atoms with Crippen LogP contribution in [0.4, 0.5) is 16.0 Å². The highest BCUT2D eigenvalue weighted by atomic mass is 19.1. The minimum Gasteiger partial charge on any atom is -0.363 e. The summed E-state index contributed by atoms with van der Waals surface area (Å²) in [6.07, 6.45) is 3.13. The highest BCUT2D eigenvalue weighted by Gasteiger charge is 2.23. The maximum atomic E-state index is 14.5. The topological polar surface area (TPSA) is 53.9 Å². The Morgan fingerprint density at radius 1 is 1.18 bits per heavy atom. The van der Waals surface area contributed by atoms with Crippen molar-refractivity contribution in [3.05, 3.63) is 41.7 Å². The SMILES string of the molecule is CN(C)c1ncccc1CNc1ncnc(C(C)(C)C)c1F. The molecule has 0 bridgehead atoms. The number of aromatic nitrogens is 3. The lowest BCUT2D eigenvalue weighted by atomic mass is 9.91. The Kier molecular flexibility index (Phi) is 4.59. The van der Waals surface area contributed by atoms with Gasteiger partial charge in [0.1, 0.15) is 12.1 Å². The van der Waals surface area contributed by atoms with E-state index in [-0.39, 0.29) is 11.2 Å². The van der Waals surface area contributed by atoms with Crippen molar-refractivity contribution in [2.24, 2.45) is 0 Å². The molecule has 0 saturated heterocycles. The summed E-state index contributed by atoms with van der Waals surface area (Å²) in [5.41, 5.74) is 1.01. The molecule has 0 aliphatic heterocycles. The summed E-state index contributed by atoms with van der Waals surface area (Å²) in [6.45, 7) is 6.22. The van der Waals surface area contributed by atoms with Gasteiger partial charge < -0.3 is 10.2 Å².